The van der Waals surface area contributed by atoms with Gasteiger partial charge in [-0.2, -0.15) is 0 Å². The number of aromatic nitrogens is 1. The maximum absolute atomic E-state index is 6.79. The largest absolute Gasteiger partial charge is 0.460 e. The summed E-state index contributed by atoms with van der Waals surface area (Å²) in [5.74, 6) is 5.18. The smallest absolute Gasteiger partial charge is 0.430 e. The van der Waals surface area contributed by atoms with Gasteiger partial charge in [-0.05, 0) is 67.9 Å². The molecule has 0 spiro atoms. The highest BCUT2D eigenvalue weighted by Crippen LogP contribution is 2.41. The summed E-state index contributed by atoms with van der Waals surface area (Å²) in [6, 6.07) is 42.6. The van der Waals surface area contributed by atoms with Crippen LogP contribution in [-0.4, -0.2) is 33.3 Å². The Morgan fingerprint density at radius 2 is 1.12 bits per heavy atom. The Morgan fingerprint density at radius 3 is 2.00 bits per heavy atom. The van der Waals surface area contributed by atoms with Gasteiger partial charge in [-0.25, -0.2) is 4.98 Å². The topological polar surface area (TPSA) is 43.8 Å². The molecule has 0 amide bonds. The van der Waals surface area contributed by atoms with Crippen LogP contribution in [0, 0.1) is 0 Å². The Kier molecular flexibility index (Phi) is 4.69. The van der Waals surface area contributed by atoms with Crippen LogP contribution in [0.4, 0.5) is 17.1 Å². The zero-order valence-corrected chi connectivity index (χ0v) is 24.6. The fourth-order valence-corrected chi connectivity index (χ4v) is 13.8. The van der Waals surface area contributed by atoms with E-state index in [0.717, 1.165) is 43.4 Å². The van der Waals surface area contributed by atoms with E-state index in [1.807, 2.05) is 18.2 Å². The molecule has 5 heterocycles. The summed E-state index contributed by atoms with van der Waals surface area (Å²) in [7, 11) is 0. The molecule has 7 heteroatoms. The number of pyridine rings is 1. The SMILES string of the molecule is c1ccc(N2c3cccc[c]3[Al]3[c]4nc5[c](cc4Oc4cccc2[c]43)[Al]2[c]3ccccc3Oc3cccc([c]32)O5)cc1. The first-order valence-corrected chi connectivity index (χ1v) is 17.7. The zero-order chi connectivity index (χ0) is 27.4. The molecule has 5 nitrogen and oxygen atoms in total. The Balaban J connectivity index is 1.21. The van der Waals surface area contributed by atoms with E-state index in [4.69, 9.17) is 19.2 Å². The van der Waals surface area contributed by atoms with Gasteiger partial charge in [0.25, 0.3) is 0 Å². The van der Waals surface area contributed by atoms with E-state index >= 15 is 0 Å². The van der Waals surface area contributed by atoms with Crippen molar-refractivity contribution in [1.29, 1.82) is 0 Å². The van der Waals surface area contributed by atoms with E-state index in [-0.39, 0.29) is 0 Å². The number of hydrogen-bond donors (Lipinski definition) is 0. The highest BCUT2D eigenvalue weighted by molar-refractivity contribution is 7.00. The summed E-state index contributed by atoms with van der Waals surface area (Å²) in [6.07, 6.45) is 0. The number of nitrogens with zero attached hydrogens (tertiary/aromatic N) is 2. The summed E-state index contributed by atoms with van der Waals surface area (Å²) >= 11 is -3.92. The summed E-state index contributed by atoms with van der Waals surface area (Å²) in [5.41, 5.74) is 3.51. The van der Waals surface area contributed by atoms with Gasteiger partial charge in [-0.15, -0.1) is 0 Å². The number of rotatable bonds is 1. The molecule has 0 saturated heterocycles. The van der Waals surface area contributed by atoms with Crippen molar-refractivity contribution in [2.24, 2.45) is 0 Å². The number of benzene rings is 5. The van der Waals surface area contributed by atoms with Crippen LogP contribution >= 0.6 is 0 Å². The van der Waals surface area contributed by atoms with E-state index < -0.39 is 28.3 Å². The lowest BCUT2D eigenvalue weighted by atomic mass is 10.1. The Hall–Kier alpha value is -4.49. The summed E-state index contributed by atoms with van der Waals surface area (Å²) in [5, 5.41) is 0. The molecule has 0 saturated carbocycles. The van der Waals surface area contributed by atoms with Gasteiger partial charge < -0.3 is 19.1 Å². The fourth-order valence-electron chi connectivity index (χ4n) is 7.17. The van der Waals surface area contributed by atoms with Crippen molar-refractivity contribution in [2.75, 3.05) is 4.90 Å². The van der Waals surface area contributed by atoms with Crippen molar-refractivity contribution in [3.8, 4) is 34.6 Å². The minimum atomic E-state index is -2.01. The van der Waals surface area contributed by atoms with Gasteiger partial charge in [0.05, 0.1) is 0 Å². The molecule has 4 aliphatic heterocycles. The molecular formula is C35H20Al2N2O3. The van der Waals surface area contributed by atoms with Gasteiger partial charge in [-0.1, -0.05) is 75.6 Å². The molecule has 0 aliphatic carbocycles. The third-order valence-electron chi connectivity index (χ3n) is 8.86. The van der Waals surface area contributed by atoms with Crippen LogP contribution in [0.5, 0.6) is 34.6 Å². The first-order chi connectivity index (χ1) is 20.8. The summed E-state index contributed by atoms with van der Waals surface area (Å²) < 4.78 is 27.0. The van der Waals surface area contributed by atoms with Crippen molar-refractivity contribution in [1.82, 2.24) is 4.98 Å². The molecule has 1 aromatic heterocycles. The van der Waals surface area contributed by atoms with Crippen molar-refractivity contribution in [3.63, 3.8) is 0 Å². The number of hydrogen-bond acceptors (Lipinski definition) is 5. The van der Waals surface area contributed by atoms with Crippen molar-refractivity contribution < 1.29 is 14.2 Å². The van der Waals surface area contributed by atoms with Crippen LogP contribution in [0.25, 0.3) is 0 Å². The fraction of sp³-hybridized carbons (Fsp3) is 0. The third-order valence-corrected chi connectivity index (χ3v) is 15.4. The maximum Gasteiger partial charge on any atom is 0.430 e. The molecule has 0 radical (unpaired) electrons. The number of anilines is 3. The highest BCUT2D eigenvalue weighted by atomic mass is 27.2. The highest BCUT2D eigenvalue weighted by Gasteiger charge is 2.48. The van der Waals surface area contributed by atoms with Crippen LogP contribution < -0.4 is 45.8 Å². The molecule has 194 valence electrons. The molecule has 0 unspecified atom stereocenters. The third kappa shape index (κ3) is 3.06. The number of fused-ring (bicyclic) bond motifs is 8. The van der Waals surface area contributed by atoms with E-state index in [0.29, 0.717) is 5.88 Å². The molecule has 0 bridgehead atoms. The molecule has 0 fully saturated rings. The van der Waals surface area contributed by atoms with Crippen LogP contribution in [0.1, 0.15) is 0 Å². The van der Waals surface area contributed by atoms with Crippen molar-refractivity contribution in [3.05, 3.63) is 121 Å². The minimum absolute atomic E-state index is 0.715. The average molecular weight is 571 g/mol. The van der Waals surface area contributed by atoms with Gasteiger partial charge >= 0.3 is 28.3 Å². The van der Waals surface area contributed by atoms with E-state index in [2.05, 4.69) is 108 Å². The standard InChI is InChI=1S/C35H20N2O3.2Al/c1-4-12-27(13-5-1)37(28-14-6-2-7-15-28)29-16-10-19-31(24-29)39-34-22-23-35(36-26-34)40-33-21-11-20-32(25-33)38-30-17-8-3-9-18-30;;/h1-14,16-17,19-22H;;. The predicted octanol–water partition coefficient (Wildman–Crippen LogP) is 4.21. The molecule has 5 aromatic carbocycles. The lowest BCUT2D eigenvalue weighted by molar-refractivity contribution is 0.448. The van der Waals surface area contributed by atoms with E-state index in [9.17, 15) is 0 Å². The second kappa shape index (κ2) is 8.52. The van der Waals surface area contributed by atoms with E-state index in [1.54, 1.807) is 0 Å². The van der Waals surface area contributed by atoms with Gasteiger partial charge in [-0.3, -0.25) is 0 Å². The first-order valence-electron chi connectivity index (χ1n) is 14.2. The molecular weight excluding hydrogens is 550 g/mol. The van der Waals surface area contributed by atoms with Gasteiger partial charge in [0.2, 0.25) is 5.88 Å². The first kappa shape index (κ1) is 23.1. The molecule has 0 atom stereocenters. The lowest BCUT2D eigenvalue weighted by Gasteiger charge is -2.39. The maximum atomic E-state index is 6.79. The van der Waals surface area contributed by atoms with E-state index in [1.165, 1.54) is 29.1 Å². The van der Waals surface area contributed by atoms with Crippen molar-refractivity contribution in [2.45, 2.75) is 0 Å². The van der Waals surface area contributed by atoms with Crippen LogP contribution in [0.2, 0.25) is 0 Å². The molecule has 6 aromatic rings. The molecule has 42 heavy (non-hydrogen) atoms. The van der Waals surface area contributed by atoms with Crippen LogP contribution in [-0.2, 0) is 0 Å². The molecule has 0 N–H and O–H groups in total. The Labute approximate surface area is 251 Å². The normalized spacial score (nSPS) is 14.1. The van der Waals surface area contributed by atoms with Gasteiger partial charge in [0.1, 0.15) is 28.7 Å². The minimum Gasteiger partial charge on any atom is -0.460 e. The second-order valence-corrected chi connectivity index (χ2v) is 16.4. The van der Waals surface area contributed by atoms with Gasteiger partial charge in [0, 0.05) is 21.6 Å². The lowest BCUT2D eigenvalue weighted by Crippen LogP contribution is -2.62. The number of para-hydroxylation sites is 3. The second-order valence-electron chi connectivity index (χ2n) is 11.1. The van der Waals surface area contributed by atoms with Gasteiger partial charge in [0.15, 0.2) is 0 Å². The quantitative estimate of drug-likeness (QED) is 0.277. The Bertz CT molecular complexity index is 2120. The average Bonchev–Trinajstić information content (AvgIpc) is 3.04. The predicted molar refractivity (Wildman–Crippen MR) is 168 cm³/mol. The summed E-state index contributed by atoms with van der Waals surface area (Å²) in [4.78, 5) is 7.76. The summed E-state index contributed by atoms with van der Waals surface area (Å²) in [6.45, 7) is 0. The van der Waals surface area contributed by atoms with Crippen LogP contribution in [0.15, 0.2) is 121 Å². The molecule has 4 aliphatic rings. The Morgan fingerprint density at radius 1 is 0.476 bits per heavy atom. The number of ether oxygens (including phenoxy) is 3. The monoisotopic (exact) mass is 570 g/mol. The van der Waals surface area contributed by atoms with Crippen molar-refractivity contribution >= 4 is 72.0 Å². The molecule has 10 rings (SSSR count). The van der Waals surface area contributed by atoms with Crippen LogP contribution in [0.3, 0.4) is 0 Å². The zero-order valence-electron chi connectivity index (χ0n) is 22.3.